The van der Waals surface area contributed by atoms with E-state index in [0.717, 1.165) is 23.1 Å². The molecule has 1 aromatic heterocycles. The van der Waals surface area contributed by atoms with E-state index in [1.807, 2.05) is 48.5 Å². The largest absolute Gasteiger partial charge is 0.444 e. The van der Waals surface area contributed by atoms with E-state index in [-0.39, 0.29) is 12.1 Å². The maximum atomic E-state index is 12.3. The molecule has 1 amide bonds. The van der Waals surface area contributed by atoms with Crippen LogP contribution in [-0.4, -0.2) is 53.7 Å². The lowest BCUT2D eigenvalue weighted by Gasteiger charge is -2.30. The minimum absolute atomic E-state index is 0.0924. The van der Waals surface area contributed by atoms with E-state index >= 15 is 0 Å². The van der Waals surface area contributed by atoms with Crippen molar-refractivity contribution in [2.75, 3.05) is 20.1 Å². The third kappa shape index (κ3) is 8.60. The molecule has 0 aliphatic carbocycles. The van der Waals surface area contributed by atoms with Gasteiger partial charge >= 0.3 is 6.09 Å². The number of aromatic nitrogens is 1. The van der Waals surface area contributed by atoms with Crippen LogP contribution < -0.4 is 10.6 Å². The maximum absolute atomic E-state index is 12.3. The molecule has 0 aromatic carbocycles. The van der Waals surface area contributed by atoms with Gasteiger partial charge in [-0.15, -0.1) is 11.3 Å². The van der Waals surface area contributed by atoms with Crippen LogP contribution in [0.3, 0.4) is 0 Å². The minimum atomic E-state index is -0.485. The number of guanidine groups is 1. The van der Waals surface area contributed by atoms with Crippen LogP contribution in [0.25, 0.3) is 0 Å². The van der Waals surface area contributed by atoms with Gasteiger partial charge in [0, 0.05) is 31.1 Å². The molecule has 1 heterocycles. The first-order valence-corrected chi connectivity index (χ1v) is 10.2. The lowest BCUT2D eigenvalue weighted by atomic mass is 10.2. The monoisotopic (exact) mass is 397 g/mol. The number of hydrogen-bond donors (Lipinski definition) is 2. The maximum Gasteiger partial charge on any atom is 0.410 e. The number of aliphatic imine (C=N–C) groups is 1. The second kappa shape index (κ2) is 10.5. The van der Waals surface area contributed by atoms with Gasteiger partial charge in [0.25, 0.3) is 0 Å². The summed E-state index contributed by atoms with van der Waals surface area (Å²) in [5.74, 6) is 0.744. The Labute approximate surface area is 167 Å². The third-order valence-electron chi connectivity index (χ3n) is 3.76. The second-order valence-corrected chi connectivity index (χ2v) is 9.00. The molecule has 0 unspecified atom stereocenters. The van der Waals surface area contributed by atoms with Gasteiger partial charge in [-0.2, -0.15) is 0 Å². The van der Waals surface area contributed by atoms with Crippen LogP contribution in [0.4, 0.5) is 4.79 Å². The zero-order valence-electron chi connectivity index (χ0n) is 18.0. The van der Waals surface area contributed by atoms with Crippen LogP contribution in [0.15, 0.2) is 4.99 Å². The van der Waals surface area contributed by atoms with Crippen molar-refractivity contribution in [3.05, 3.63) is 15.6 Å². The Morgan fingerprint density at radius 1 is 1.30 bits per heavy atom. The topological polar surface area (TPSA) is 78.9 Å². The molecule has 0 fully saturated rings. The van der Waals surface area contributed by atoms with Crippen molar-refractivity contribution in [2.24, 2.45) is 4.99 Å². The Morgan fingerprint density at radius 2 is 1.96 bits per heavy atom. The highest BCUT2D eigenvalue weighted by atomic mass is 32.1. The van der Waals surface area contributed by atoms with Gasteiger partial charge in [0.05, 0.1) is 17.2 Å². The van der Waals surface area contributed by atoms with Gasteiger partial charge in [-0.05, 0) is 54.9 Å². The van der Waals surface area contributed by atoms with Crippen molar-refractivity contribution < 1.29 is 9.53 Å². The Balaban J connectivity index is 2.42. The number of carbonyl (C=O) groups is 1. The molecule has 0 atom stereocenters. The Bertz CT molecular complexity index is 635. The second-order valence-electron chi connectivity index (χ2n) is 7.72. The van der Waals surface area contributed by atoms with E-state index < -0.39 is 5.60 Å². The van der Waals surface area contributed by atoms with Crippen molar-refractivity contribution in [3.63, 3.8) is 0 Å². The van der Waals surface area contributed by atoms with Crippen molar-refractivity contribution >= 4 is 23.4 Å². The summed E-state index contributed by atoms with van der Waals surface area (Å²) >= 11 is 1.70. The van der Waals surface area contributed by atoms with E-state index in [0.29, 0.717) is 19.6 Å². The smallest absolute Gasteiger partial charge is 0.410 e. The van der Waals surface area contributed by atoms with E-state index in [1.54, 1.807) is 23.3 Å². The molecular formula is C19H35N5O2S. The molecule has 1 rings (SSSR count). The summed E-state index contributed by atoms with van der Waals surface area (Å²) in [6.45, 7) is 15.7. The highest BCUT2D eigenvalue weighted by molar-refractivity contribution is 7.11. The fourth-order valence-electron chi connectivity index (χ4n) is 2.46. The molecular weight excluding hydrogens is 362 g/mol. The summed E-state index contributed by atoms with van der Waals surface area (Å²) in [6.07, 6.45) is 0.535. The molecule has 7 nitrogen and oxygen atoms in total. The molecule has 0 saturated carbocycles. The summed E-state index contributed by atoms with van der Waals surface area (Å²) in [5.41, 5.74) is 0.576. The summed E-state index contributed by atoms with van der Waals surface area (Å²) in [7, 11) is 1.75. The summed E-state index contributed by atoms with van der Waals surface area (Å²) in [6, 6.07) is 0.0924. The zero-order chi connectivity index (χ0) is 20.6. The van der Waals surface area contributed by atoms with E-state index in [1.165, 1.54) is 4.88 Å². The third-order valence-corrected chi connectivity index (χ3v) is 4.83. The Hall–Kier alpha value is -1.83. The molecule has 0 bridgehead atoms. The molecule has 0 saturated heterocycles. The molecule has 0 radical (unpaired) electrons. The van der Waals surface area contributed by atoms with E-state index in [4.69, 9.17) is 4.74 Å². The average molecular weight is 398 g/mol. The van der Waals surface area contributed by atoms with Crippen molar-refractivity contribution in [1.82, 2.24) is 20.5 Å². The predicted molar refractivity (Wildman–Crippen MR) is 112 cm³/mol. The number of nitrogens with one attached hydrogen (secondary N) is 2. The molecule has 1 aromatic rings. The van der Waals surface area contributed by atoms with E-state index in [2.05, 4.69) is 20.6 Å². The Kier molecular flexibility index (Phi) is 9.02. The average Bonchev–Trinajstić information content (AvgIpc) is 2.85. The molecule has 0 aliphatic heterocycles. The van der Waals surface area contributed by atoms with Crippen LogP contribution in [0.2, 0.25) is 0 Å². The van der Waals surface area contributed by atoms with Crippen molar-refractivity contribution in [1.29, 1.82) is 0 Å². The number of rotatable bonds is 7. The van der Waals surface area contributed by atoms with Gasteiger partial charge in [-0.1, -0.05) is 0 Å². The molecule has 0 aliphatic rings. The summed E-state index contributed by atoms with van der Waals surface area (Å²) < 4.78 is 5.49. The van der Waals surface area contributed by atoms with Crippen LogP contribution in [-0.2, 0) is 11.3 Å². The highest BCUT2D eigenvalue weighted by Gasteiger charge is 2.23. The quantitative estimate of drug-likeness (QED) is 0.418. The number of carbonyl (C=O) groups excluding carboxylic acids is 1. The predicted octanol–water partition coefficient (Wildman–Crippen LogP) is 3.46. The fraction of sp³-hybridized carbons (Fsp3) is 0.737. The van der Waals surface area contributed by atoms with Crippen molar-refractivity contribution in [3.8, 4) is 0 Å². The highest BCUT2D eigenvalue weighted by Crippen LogP contribution is 2.16. The first-order chi connectivity index (χ1) is 12.5. The number of amides is 1. The van der Waals surface area contributed by atoms with Crippen LogP contribution >= 0.6 is 11.3 Å². The summed E-state index contributed by atoms with van der Waals surface area (Å²) in [5, 5.41) is 7.67. The van der Waals surface area contributed by atoms with Gasteiger partial charge in [0.2, 0.25) is 0 Å². The van der Waals surface area contributed by atoms with Crippen LogP contribution in [0.5, 0.6) is 0 Å². The first-order valence-electron chi connectivity index (χ1n) is 9.40. The SMILES string of the molecule is CN=C(NCCCN(C(=O)OC(C)(C)C)C(C)C)NCc1sc(C)nc1C. The number of thiazole rings is 1. The lowest BCUT2D eigenvalue weighted by molar-refractivity contribution is 0.0190. The van der Waals surface area contributed by atoms with Gasteiger partial charge in [-0.25, -0.2) is 9.78 Å². The molecule has 154 valence electrons. The number of ether oxygens (including phenoxy) is 1. The van der Waals surface area contributed by atoms with Gasteiger partial charge in [-0.3, -0.25) is 4.99 Å². The normalized spacial score (nSPS) is 12.3. The standard InChI is InChI=1S/C19H35N5O2S/c1-13(2)24(18(25)26-19(5,6)7)11-9-10-21-17(20-8)22-12-16-14(3)23-15(4)27-16/h13H,9-12H2,1-8H3,(H2,20,21,22). The van der Waals surface area contributed by atoms with Gasteiger partial charge in [0.1, 0.15) is 5.60 Å². The number of hydrogen-bond acceptors (Lipinski definition) is 5. The minimum Gasteiger partial charge on any atom is -0.444 e. The first kappa shape index (κ1) is 23.2. The molecule has 2 N–H and O–H groups in total. The molecule has 0 spiro atoms. The fourth-order valence-corrected chi connectivity index (χ4v) is 3.34. The zero-order valence-corrected chi connectivity index (χ0v) is 18.8. The molecule has 27 heavy (non-hydrogen) atoms. The number of nitrogens with zero attached hydrogens (tertiary/aromatic N) is 3. The van der Waals surface area contributed by atoms with E-state index in [9.17, 15) is 4.79 Å². The molecule has 8 heteroatoms. The van der Waals surface area contributed by atoms with Crippen LogP contribution in [0.1, 0.15) is 56.6 Å². The number of aryl methyl sites for hydroxylation is 2. The summed E-state index contributed by atoms with van der Waals surface area (Å²) in [4.78, 5) is 24.0. The van der Waals surface area contributed by atoms with Gasteiger partial charge < -0.3 is 20.3 Å². The van der Waals surface area contributed by atoms with Crippen LogP contribution in [0, 0.1) is 13.8 Å². The van der Waals surface area contributed by atoms with Crippen molar-refractivity contribution in [2.45, 2.75) is 73.1 Å². The van der Waals surface area contributed by atoms with Gasteiger partial charge in [0.15, 0.2) is 5.96 Å². The lowest BCUT2D eigenvalue weighted by Crippen LogP contribution is -2.43. The Morgan fingerprint density at radius 3 is 2.44 bits per heavy atom.